The first-order chi connectivity index (χ1) is 11.9. The van der Waals surface area contributed by atoms with Crippen molar-refractivity contribution in [1.29, 1.82) is 0 Å². The molecule has 1 heterocycles. The summed E-state index contributed by atoms with van der Waals surface area (Å²) in [7, 11) is 0. The van der Waals surface area contributed by atoms with Gasteiger partial charge in [0, 0.05) is 13.8 Å². The summed E-state index contributed by atoms with van der Waals surface area (Å²) in [6.07, 6.45) is 0.260. The molecule has 0 atom stereocenters. The van der Waals surface area contributed by atoms with Crippen molar-refractivity contribution in [3.63, 3.8) is 0 Å². The number of hydrogen-bond donors (Lipinski definition) is 0. The quantitative estimate of drug-likeness (QED) is 0.404. The number of hydrogen-bond acceptors (Lipinski definition) is 4. The third kappa shape index (κ3) is 2.74. The van der Waals surface area contributed by atoms with Crippen molar-refractivity contribution in [2.75, 3.05) is 0 Å². The molecule has 4 rings (SSSR count). The molecule has 3 aromatic carbocycles. The molecule has 4 nitrogen and oxygen atoms in total. The molecule has 0 spiro atoms. The van der Waals surface area contributed by atoms with Crippen LogP contribution in [-0.2, 0) is 25.5 Å². The van der Waals surface area contributed by atoms with Gasteiger partial charge in [-0.2, -0.15) is 0 Å². The van der Waals surface area contributed by atoms with E-state index in [1.54, 1.807) is 13.8 Å². The van der Waals surface area contributed by atoms with Gasteiger partial charge in [-0.3, -0.25) is 9.59 Å². The van der Waals surface area contributed by atoms with E-state index in [4.69, 9.17) is 9.47 Å². The molecule has 1 aliphatic rings. The van der Waals surface area contributed by atoms with Crippen molar-refractivity contribution in [2.45, 2.75) is 26.1 Å². The molecule has 4 heteroatoms. The molecule has 0 amide bonds. The van der Waals surface area contributed by atoms with E-state index in [9.17, 15) is 9.59 Å². The number of cyclic esters (lactones) is 2. The van der Waals surface area contributed by atoms with E-state index < -0.39 is 23.6 Å². The molecule has 1 fully saturated rings. The lowest BCUT2D eigenvalue weighted by molar-refractivity contribution is -0.239. The summed E-state index contributed by atoms with van der Waals surface area (Å²) in [6.45, 7) is 3.12. The minimum absolute atomic E-state index is 0.260. The molecule has 1 aliphatic heterocycles. The van der Waals surface area contributed by atoms with Gasteiger partial charge in [-0.05, 0) is 39.6 Å². The third-order valence-electron chi connectivity index (χ3n) is 4.55. The van der Waals surface area contributed by atoms with Crippen molar-refractivity contribution >= 4 is 33.5 Å². The smallest absolute Gasteiger partial charge is 0.323 e. The maximum Gasteiger partial charge on any atom is 0.323 e. The van der Waals surface area contributed by atoms with E-state index in [0.717, 1.165) is 27.1 Å². The molecule has 3 aromatic rings. The van der Waals surface area contributed by atoms with Crippen LogP contribution < -0.4 is 0 Å². The minimum Gasteiger partial charge on any atom is -0.422 e. The molecule has 0 aliphatic carbocycles. The molecule has 25 heavy (non-hydrogen) atoms. The van der Waals surface area contributed by atoms with Crippen LogP contribution in [0.15, 0.2) is 54.6 Å². The van der Waals surface area contributed by atoms with Crippen LogP contribution in [0.4, 0.5) is 0 Å². The summed E-state index contributed by atoms with van der Waals surface area (Å²) in [6, 6.07) is 18.1. The van der Waals surface area contributed by atoms with Crippen molar-refractivity contribution in [3.8, 4) is 0 Å². The largest absolute Gasteiger partial charge is 0.422 e. The SMILES string of the molecule is CC1(C)OC(=O)C(Cc2c3ccccc3cc3ccccc23)C(=O)O1. The normalized spacial score (nSPS) is 17.5. The van der Waals surface area contributed by atoms with Gasteiger partial charge in [0.2, 0.25) is 0 Å². The Bertz CT molecular complexity index is 929. The van der Waals surface area contributed by atoms with E-state index in [0.29, 0.717) is 0 Å². The van der Waals surface area contributed by atoms with Gasteiger partial charge in [-0.25, -0.2) is 0 Å². The molecule has 0 saturated carbocycles. The second kappa shape index (κ2) is 5.59. The summed E-state index contributed by atoms with van der Waals surface area (Å²) in [4.78, 5) is 24.7. The summed E-state index contributed by atoms with van der Waals surface area (Å²) in [5.41, 5.74) is 0.965. The van der Waals surface area contributed by atoms with E-state index in [2.05, 4.69) is 6.07 Å². The average molecular weight is 334 g/mol. The van der Waals surface area contributed by atoms with Crippen molar-refractivity contribution in [3.05, 3.63) is 60.2 Å². The van der Waals surface area contributed by atoms with Crippen LogP contribution in [0, 0.1) is 5.92 Å². The molecule has 1 saturated heterocycles. The van der Waals surface area contributed by atoms with Gasteiger partial charge in [0.05, 0.1) is 0 Å². The number of benzene rings is 3. The zero-order valence-corrected chi connectivity index (χ0v) is 14.1. The molecular weight excluding hydrogens is 316 g/mol. The lowest BCUT2D eigenvalue weighted by Gasteiger charge is -2.33. The van der Waals surface area contributed by atoms with Crippen molar-refractivity contribution < 1.29 is 19.1 Å². The van der Waals surface area contributed by atoms with E-state index in [1.807, 2.05) is 48.5 Å². The van der Waals surface area contributed by atoms with Gasteiger partial charge in [0.1, 0.15) is 0 Å². The van der Waals surface area contributed by atoms with Gasteiger partial charge >= 0.3 is 11.9 Å². The molecule has 0 N–H and O–H groups in total. The standard InChI is InChI=1S/C21H18O4/c1-21(2)24-19(22)18(20(23)25-21)12-17-15-9-5-3-7-13(15)11-14-8-4-6-10-16(14)17/h3-11,18H,12H2,1-2H3. The minimum atomic E-state index is -1.20. The maximum atomic E-state index is 12.4. The van der Waals surface area contributed by atoms with Crippen molar-refractivity contribution in [2.24, 2.45) is 5.92 Å². The Balaban J connectivity index is 1.85. The summed E-state index contributed by atoms with van der Waals surface area (Å²) in [5, 5.41) is 4.22. The Labute approximate surface area is 145 Å². The first kappa shape index (κ1) is 15.6. The Hall–Kier alpha value is -2.88. The predicted molar refractivity (Wildman–Crippen MR) is 94.9 cm³/mol. The lowest BCUT2D eigenvalue weighted by atomic mass is 9.89. The number of carbonyl (C=O) groups is 2. The second-order valence-corrected chi connectivity index (χ2v) is 6.80. The highest BCUT2D eigenvalue weighted by molar-refractivity contribution is 6.04. The average Bonchev–Trinajstić information content (AvgIpc) is 2.56. The fraction of sp³-hybridized carbons (Fsp3) is 0.238. The first-order valence-corrected chi connectivity index (χ1v) is 8.30. The van der Waals surface area contributed by atoms with E-state index in [1.165, 1.54) is 0 Å². The highest BCUT2D eigenvalue weighted by Gasteiger charge is 2.43. The lowest BCUT2D eigenvalue weighted by Crippen LogP contribution is -2.47. The van der Waals surface area contributed by atoms with E-state index in [-0.39, 0.29) is 6.42 Å². The van der Waals surface area contributed by atoms with Crippen molar-refractivity contribution in [1.82, 2.24) is 0 Å². The Morgan fingerprint density at radius 1 is 0.840 bits per heavy atom. The number of ether oxygens (including phenoxy) is 2. The fourth-order valence-corrected chi connectivity index (χ4v) is 3.44. The topological polar surface area (TPSA) is 52.6 Å². The Kier molecular flexibility index (Phi) is 3.49. The van der Waals surface area contributed by atoms with Crippen LogP contribution in [-0.4, -0.2) is 17.7 Å². The maximum absolute atomic E-state index is 12.4. The number of esters is 2. The monoisotopic (exact) mass is 334 g/mol. The zero-order chi connectivity index (χ0) is 17.6. The van der Waals surface area contributed by atoms with Gasteiger partial charge < -0.3 is 9.47 Å². The molecular formula is C21H18O4. The Morgan fingerprint density at radius 2 is 1.32 bits per heavy atom. The second-order valence-electron chi connectivity index (χ2n) is 6.80. The molecule has 126 valence electrons. The van der Waals surface area contributed by atoms with Gasteiger partial charge in [0.25, 0.3) is 5.79 Å². The first-order valence-electron chi connectivity index (χ1n) is 8.30. The number of fused-ring (bicyclic) bond motifs is 2. The van der Waals surface area contributed by atoms with Crippen LogP contribution in [0.3, 0.4) is 0 Å². The summed E-state index contributed by atoms with van der Waals surface area (Å²) >= 11 is 0. The van der Waals surface area contributed by atoms with Gasteiger partial charge in [-0.1, -0.05) is 48.5 Å². The van der Waals surface area contributed by atoms with Gasteiger partial charge in [-0.15, -0.1) is 0 Å². The van der Waals surface area contributed by atoms with Gasteiger partial charge in [0.15, 0.2) is 5.92 Å². The van der Waals surface area contributed by atoms with E-state index >= 15 is 0 Å². The zero-order valence-electron chi connectivity index (χ0n) is 14.1. The van der Waals surface area contributed by atoms with Crippen LogP contribution in [0.5, 0.6) is 0 Å². The molecule has 0 bridgehead atoms. The highest BCUT2D eigenvalue weighted by Crippen LogP contribution is 2.33. The molecule has 0 unspecified atom stereocenters. The fourth-order valence-electron chi connectivity index (χ4n) is 3.44. The van der Waals surface area contributed by atoms with Crippen LogP contribution >= 0.6 is 0 Å². The molecule has 0 radical (unpaired) electrons. The predicted octanol–water partition coefficient (Wildman–Crippen LogP) is 3.99. The third-order valence-corrected chi connectivity index (χ3v) is 4.55. The summed E-state index contributed by atoms with van der Waals surface area (Å²) < 4.78 is 10.5. The Morgan fingerprint density at radius 3 is 1.84 bits per heavy atom. The number of carbonyl (C=O) groups excluding carboxylic acids is 2. The van der Waals surface area contributed by atoms with Crippen LogP contribution in [0.1, 0.15) is 19.4 Å². The number of rotatable bonds is 2. The molecule has 0 aromatic heterocycles. The highest BCUT2D eigenvalue weighted by atomic mass is 16.7. The van der Waals surface area contributed by atoms with Crippen LogP contribution in [0.2, 0.25) is 0 Å². The van der Waals surface area contributed by atoms with Crippen LogP contribution in [0.25, 0.3) is 21.5 Å². The summed E-state index contributed by atoms with van der Waals surface area (Å²) in [5.74, 6) is -3.20.